The Labute approximate surface area is 132 Å². The van der Waals surface area contributed by atoms with Crippen LogP contribution in [0.3, 0.4) is 0 Å². The molecule has 0 bridgehead atoms. The molecule has 21 heavy (non-hydrogen) atoms. The molecular weight excluding hydrogens is 284 g/mol. The molecule has 1 atom stereocenters. The molecule has 0 saturated heterocycles. The standard InChI is InChI=1S/C16H26N2O2S/c1-6-20-16(19)14(17-11(2)3)7-8-21-15-10-12(4)9-13(5)18-15/h9-11,14,17H,6-8H2,1-5H3. The van der Waals surface area contributed by atoms with Gasteiger partial charge in [-0.1, -0.05) is 13.8 Å². The van der Waals surface area contributed by atoms with Crippen molar-refractivity contribution in [1.82, 2.24) is 10.3 Å². The van der Waals surface area contributed by atoms with E-state index in [0.717, 1.165) is 22.9 Å². The highest BCUT2D eigenvalue weighted by molar-refractivity contribution is 7.99. The summed E-state index contributed by atoms with van der Waals surface area (Å²) in [5.41, 5.74) is 2.24. The van der Waals surface area contributed by atoms with Crippen molar-refractivity contribution in [1.29, 1.82) is 0 Å². The van der Waals surface area contributed by atoms with Gasteiger partial charge in [0.15, 0.2) is 0 Å². The average Bonchev–Trinajstić information content (AvgIpc) is 2.36. The minimum Gasteiger partial charge on any atom is -0.465 e. The van der Waals surface area contributed by atoms with Crippen LogP contribution < -0.4 is 5.32 Å². The van der Waals surface area contributed by atoms with Crippen molar-refractivity contribution >= 4 is 17.7 Å². The lowest BCUT2D eigenvalue weighted by molar-refractivity contribution is -0.145. The molecule has 118 valence electrons. The molecule has 0 aliphatic carbocycles. The Bertz CT molecular complexity index is 443. The highest BCUT2D eigenvalue weighted by Crippen LogP contribution is 2.19. The number of pyridine rings is 1. The van der Waals surface area contributed by atoms with Crippen molar-refractivity contribution in [3.63, 3.8) is 0 Å². The molecule has 0 spiro atoms. The van der Waals surface area contributed by atoms with Gasteiger partial charge in [0.2, 0.25) is 0 Å². The Morgan fingerprint density at radius 3 is 2.67 bits per heavy atom. The lowest BCUT2D eigenvalue weighted by Gasteiger charge is -2.19. The molecule has 0 aromatic carbocycles. The van der Waals surface area contributed by atoms with E-state index < -0.39 is 0 Å². The molecule has 1 aromatic heterocycles. The van der Waals surface area contributed by atoms with Crippen molar-refractivity contribution < 1.29 is 9.53 Å². The summed E-state index contributed by atoms with van der Waals surface area (Å²) in [4.78, 5) is 16.4. The van der Waals surface area contributed by atoms with E-state index in [0.29, 0.717) is 6.61 Å². The minimum atomic E-state index is -0.247. The zero-order chi connectivity index (χ0) is 15.8. The summed E-state index contributed by atoms with van der Waals surface area (Å²) < 4.78 is 5.12. The van der Waals surface area contributed by atoms with Crippen molar-refractivity contribution in [2.75, 3.05) is 12.4 Å². The maximum atomic E-state index is 11.9. The summed E-state index contributed by atoms with van der Waals surface area (Å²) in [7, 11) is 0. The third-order valence-electron chi connectivity index (χ3n) is 2.84. The zero-order valence-electron chi connectivity index (χ0n) is 13.6. The van der Waals surface area contributed by atoms with Gasteiger partial charge in [-0.2, -0.15) is 0 Å². The highest BCUT2D eigenvalue weighted by Gasteiger charge is 2.20. The van der Waals surface area contributed by atoms with Gasteiger partial charge >= 0.3 is 5.97 Å². The lowest BCUT2D eigenvalue weighted by Crippen LogP contribution is -2.42. The summed E-state index contributed by atoms with van der Waals surface area (Å²) in [6.45, 7) is 10.4. The topological polar surface area (TPSA) is 51.2 Å². The molecule has 5 heteroatoms. The van der Waals surface area contributed by atoms with Gasteiger partial charge in [-0.05, 0) is 44.9 Å². The summed E-state index contributed by atoms with van der Waals surface area (Å²) >= 11 is 1.68. The van der Waals surface area contributed by atoms with Crippen LogP contribution >= 0.6 is 11.8 Å². The first-order valence-corrected chi connectivity index (χ1v) is 8.41. The van der Waals surface area contributed by atoms with Gasteiger partial charge in [0, 0.05) is 17.5 Å². The first-order valence-electron chi connectivity index (χ1n) is 7.43. The van der Waals surface area contributed by atoms with E-state index in [9.17, 15) is 4.79 Å². The fraction of sp³-hybridized carbons (Fsp3) is 0.625. The van der Waals surface area contributed by atoms with Crippen LogP contribution in [0.1, 0.15) is 38.4 Å². The average molecular weight is 310 g/mol. The number of carbonyl (C=O) groups is 1. The normalized spacial score (nSPS) is 12.5. The summed E-state index contributed by atoms with van der Waals surface area (Å²) in [6.07, 6.45) is 0.732. The van der Waals surface area contributed by atoms with Crippen LogP contribution in [0.15, 0.2) is 17.2 Å². The van der Waals surface area contributed by atoms with Crippen LogP contribution in [0.2, 0.25) is 0 Å². The van der Waals surface area contributed by atoms with Crippen LogP contribution in [0.5, 0.6) is 0 Å². The Kier molecular flexibility index (Phi) is 7.75. The Balaban J connectivity index is 2.54. The number of hydrogen-bond donors (Lipinski definition) is 1. The fourth-order valence-corrected chi connectivity index (χ4v) is 3.11. The molecule has 1 N–H and O–H groups in total. The van der Waals surface area contributed by atoms with Crippen molar-refractivity contribution in [2.45, 2.75) is 58.1 Å². The third kappa shape index (κ3) is 6.96. The van der Waals surface area contributed by atoms with Crippen molar-refractivity contribution in [3.05, 3.63) is 23.4 Å². The molecule has 4 nitrogen and oxygen atoms in total. The second-order valence-corrected chi connectivity index (χ2v) is 6.50. The fourth-order valence-electron chi connectivity index (χ4n) is 2.07. The molecular formula is C16H26N2O2S. The van der Waals surface area contributed by atoms with E-state index in [4.69, 9.17) is 4.74 Å². The molecule has 0 radical (unpaired) electrons. The molecule has 1 aromatic rings. The predicted octanol–water partition coefficient (Wildman–Crippen LogP) is 3.11. The smallest absolute Gasteiger partial charge is 0.323 e. The van der Waals surface area contributed by atoms with Gasteiger partial charge in [0.05, 0.1) is 11.6 Å². The van der Waals surface area contributed by atoms with E-state index in [1.807, 2.05) is 27.7 Å². The second-order valence-electron chi connectivity index (χ2n) is 5.39. The van der Waals surface area contributed by atoms with Gasteiger partial charge in [-0.3, -0.25) is 4.79 Å². The van der Waals surface area contributed by atoms with Crippen LogP contribution in [0.4, 0.5) is 0 Å². The number of esters is 1. The van der Waals surface area contributed by atoms with Gasteiger partial charge in [-0.15, -0.1) is 11.8 Å². The number of carbonyl (C=O) groups excluding carboxylic acids is 1. The van der Waals surface area contributed by atoms with Gasteiger partial charge in [0.1, 0.15) is 6.04 Å². The van der Waals surface area contributed by atoms with Crippen LogP contribution in [-0.4, -0.2) is 35.4 Å². The molecule has 1 rings (SSSR count). The summed E-state index contributed by atoms with van der Waals surface area (Å²) in [5, 5.41) is 4.28. The molecule has 1 heterocycles. The van der Waals surface area contributed by atoms with Crippen molar-refractivity contribution in [2.24, 2.45) is 0 Å². The van der Waals surface area contributed by atoms with Crippen LogP contribution in [0, 0.1) is 13.8 Å². The molecule has 1 unspecified atom stereocenters. The number of nitrogens with one attached hydrogen (secondary N) is 1. The lowest BCUT2D eigenvalue weighted by atomic mass is 10.2. The van der Waals surface area contributed by atoms with E-state index >= 15 is 0 Å². The first kappa shape index (κ1) is 18.0. The van der Waals surface area contributed by atoms with E-state index in [1.54, 1.807) is 11.8 Å². The van der Waals surface area contributed by atoms with Crippen LogP contribution in [-0.2, 0) is 9.53 Å². The number of aromatic nitrogens is 1. The number of nitrogens with zero attached hydrogens (tertiary/aromatic N) is 1. The number of hydrogen-bond acceptors (Lipinski definition) is 5. The summed E-state index contributed by atoms with van der Waals surface area (Å²) in [6, 6.07) is 4.14. The summed E-state index contributed by atoms with van der Waals surface area (Å²) in [5.74, 6) is 0.666. The van der Waals surface area contributed by atoms with Gasteiger partial charge < -0.3 is 10.1 Å². The highest BCUT2D eigenvalue weighted by atomic mass is 32.2. The van der Waals surface area contributed by atoms with E-state index in [2.05, 4.69) is 29.4 Å². The number of thioether (sulfide) groups is 1. The van der Waals surface area contributed by atoms with Gasteiger partial charge in [0.25, 0.3) is 0 Å². The monoisotopic (exact) mass is 310 g/mol. The van der Waals surface area contributed by atoms with Crippen LogP contribution in [0.25, 0.3) is 0 Å². The maximum absolute atomic E-state index is 11.9. The number of ether oxygens (including phenoxy) is 1. The SMILES string of the molecule is CCOC(=O)C(CCSc1cc(C)cc(C)n1)NC(C)C. The molecule has 0 fully saturated rings. The third-order valence-corrected chi connectivity index (χ3v) is 3.78. The van der Waals surface area contributed by atoms with E-state index in [1.165, 1.54) is 5.56 Å². The number of aryl methyl sites for hydroxylation is 2. The maximum Gasteiger partial charge on any atom is 0.323 e. The quantitative estimate of drug-likeness (QED) is 0.590. The second kappa shape index (κ2) is 9.05. The molecule has 0 aliphatic rings. The minimum absolute atomic E-state index is 0.166. The van der Waals surface area contributed by atoms with Crippen molar-refractivity contribution in [3.8, 4) is 0 Å². The first-order chi connectivity index (χ1) is 9.92. The molecule has 0 aliphatic heterocycles. The number of rotatable bonds is 8. The molecule has 0 saturated carbocycles. The largest absolute Gasteiger partial charge is 0.465 e. The Hall–Kier alpha value is -1.07. The Morgan fingerprint density at radius 2 is 2.10 bits per heavy atom. The van der Waals surface area contributed by atoms with E-state index in [-0.39, 0.29) is 18.1 Å². The predicted molar refractivity (Wildman–Crippen MR) is 87.7 cm³/mol. The van der Waals surface area contributed by atoms with Gasteiger partial charge in [-0.25, -0.2) is 4.98 Å². The Morgan fingerprint density at radius 1 is 1.38 bits per heavy atom. The molecule has 0 amide bonds. The zero-order valence-corrected chi connectivity index (χ0v) is 14.4.